The zero-order valence-corrected chi connectivity index (χ0v) is 14.2. The highest BCUT2D eigenvalue weighted by molar-refractivity contribution is 7.15. The number of esters is 1. The number of carbonyl (C=O) groups is 2. The fourth-order valence-corrected chi connectivity index (χ4v) is 3.01. The highest BCUT2D eigenvalue weighted by atomic mass is 32.1. The smallest absolute Gasteiger partial charge is 0.348 e. The van der Waals surface area contributed by atoms with Gasteiger partial charge in [-0.1, -0.05) is 17.7 Å². The van der Waals surface area contributed by atoms with Crippen molar-refractivity contribution in [3.8, 4) is 5.75 Å². The molecule has 1 heterocycles. The van der Waals surface area contributed by atoms with Crippen molar-refractivity contribution in [2.45, 2.75) is 13.3 Å². The summed E-state index contributed by atoms with van der Waals surface area (Å²) in [6.07, 6.45) is 0.672. The second-order valence-corrected chi connectivity index (χ2v) is 6.06. The summed E-state index contributed by atoms with van der Waals surface area (Å²) < 4.78 is 9.95. The van der Waals surface area contributed by atoms with Gasteiger partial charge in [0.25, 0.3) is 5.91 Å². The second-order valence-electron chi connectivity index (χ2n) is 4.98. The molecule has 1 amide bonds. The molecule has 0 unspecified atom stereocenters. The minimum Gasteiger partial charge on any atom is -0.496 e. The van der Waals surface area contributed by atoms with Crippen molar-refractivity contribution >= 4 is 23.2 Å². The van der Waals surface area contributed by atoms with Crippen LogP contribution in [-0.2, 0) is 11.2 Å². The maximum Gasteiger partial charge on any atom is 0.348 e. The first-order valence-corrected chi connectivity index (χ1v) is 7.96. The number of benzene rings is 1. The Morgan fingerprint density at radius 3 is 2.57 bits per heavy atom. The van der Waals surface area contributed by atoms with E-state index in [9.17, 15) is 9.59 Å². The van der Waals surface area contributed by atoms with E-state index in [4.69, 9.17) is 4.74 Å². The molecule has 2 rings (SSSR count). The number of amides is 1. The van der Waals surface area contributed by atoms with Gasteiger partial charge in [0, 0.05) is 6.54 Å². The average Bonchev–Trinajstić information content (AvgIpc) is 3.04. The van der Waals surface area contributed by atoms with E-state index in [-0.39, 0.29) is 5.91 Å². The van der Waals surface area contributed by atoms with Crippen LogP contribution >= 0.6 is 11.3 Å². The largest absolute Gasteiger partial charge is 0.496 e. The van der Waals surface area contributed by atoms with E-state index in [1.165, 1.54) is 7.11 Å². The lowest BCUT2D eigenvalue weighted by atomic mass is 10.1. The van der Waals surface area contributed by atoms with Crippen LogP contribution in [-0.4, -0.2) is 32.6 Å². The van der Waals surface area contributed by atoms with E-state index in [1.54, 1.807) is 19.2 Å². The number of ether oxygens (including phenoxy) is 2. The maximum absolute atomic E-state index is 12.1. The van der Waals surface area contributed by atoms with Gasteiger partial charge in [0.1, 0.15) is 10.6 Å². The van der Waals surface area contributed by atoms with Gasteiger partial charge in [0.05, 0.1) is 19.1 Å². The van der Waals surface area contributed by atoms with Crippen LogP contribution in [0.25, 0.3) is 0 Å². The summed E-state index contributed by atoms with van der Waals surface area (Å²) in [5.41, 5.74) is 2.20. The van der Waals surface area contributed by atoms with Crippen LogP contribution in [0.3, 0.4) is 0 Å². The Balaban J connectivity index is 1.93. The first kappa shape index (κ1) is 17.0. The summed E-state index contributed by atoms with van der Waals surface area (Å²) in [5.74, 6) is 0.185. The molecule has 0 aliphatic carbocycles. The van der Waals surface area contributed by atoms with Gasteiger partial charge in [-0.3, -0.25) is 4.79 Å². The average molecular weight is 333 g/mol. The summed E-state index contributed by atoms with van der Waals surface area (Å²) in [7, 11) is 2.95. The molecule has 0 radical (unpaired) electrons. The SMILES string of the molecule is COC(=O)c1ccc(C(=O)NCCc2cc(C)ccc2OC)s1. The number of hydrogen-bond donors (Lipinski definition) is 1. The van der Waals surface area contributed by atoms with Gasteiger partial charge in [0.15, 0.2) is 0 Å². The molecular formula is C17H19NO4S. The van der Waals surface area contributed by atoms with E-state index in [0.717, 1.165) is 28.2 Å². The van der Waals surface area contributed by atoms with E-state index in [2.05, 4.69) is 10.1 Å². The van der Waals surface area contributed by atoms with Crippen molar-refractivity contribution in [1.29, 1.82) is 0 Å². The number of aryl methyl sites for hydroxylation is 1. The quantitative estimate of drug-likeness (QED) is 0.826. The van der Waals surface area contributed by atoms with Crippen molar-refractivity contribution in [2.24, 2.45) is 0 Å². The molecule has 122 valence electrons. The van der Waals surface area contributed by atoms with E-state index >= 15 is 0 Å². The first-order chi connectivity index (χ1) is 11.0. The summed E-state index contributed by atoms with van der Waals surface area (Å²) in [5, 5.41) is 2.85. The Labute approximate surface area is 139 Å². The topological polar surface area (TPSA) is 64.6 Å². The lowest BCUT2D eigenvalue weighted by Crippen LogP contribution is -2.25. The predicted molar refractivity (Wildman–Crippen MR) is 89.4 cm³/mol. The number of nitrogens with one attached hydrogen (secondary N) is 1. The standard InChI is InChI=1S/C17H19NO4S/c1-11-4-5-13(21-2)12(10-11)8-9-18-16(19)14-6-7-15(23-14)17(20)22-3/h4-7,10H,8-9H2,1-3H3,(H,18,19). The van der Waals surface area contributed by atoms with Crippen LogP contribution in [0, 0.1) is 6.92 Å². The molecule has 0 aliphatic rings. The Kier molecular flexibility index (Phi) is 5.76. The summed E-state index contributed by atoms with van der Waals surface area (Å²) >= 11 is 1.12. The Morgan fingerprint density at radius 1 is 1.13 bits per heavy atom. The summed E-state index contributed by atoms with van der Waals surface area (Å²) in [6.45, 7) is 2.51. The number of carbonyl (C=O) groups excluding carboxylic acids is 2. The molecule has 0 fully saturated rings. The van der Waals surface area contributed by atoms with E-state index < -0.39 is 5.97 Å². The molecule has 1 aromatic carbocycles. The lowest BCUT2D eigenvalue weighted by molar-refractivity contribution is 0.0606. The van der Waals surface area contributed by atoms with Crippen molar-refractivity contribution in [3.05, 3.63) is 51.2 Å². The van der Waals surface area contributed by atoms with Gasteiger partial charge in [-0.15, -0.1) is 11.3 Å². The predicted octanol–water partition coefficient (Wildman–Crippen LogP) is 2.82. The molecule has 0 saturated carbocycles. The van der Waals surface area contributed by atoms with E-state index in [0.29, 0.717) is 22.7 Å². The molecule has 0 spiro atoms. The number of hydrogen-bond acceptors (Lipinski definition) is 5. The van der Waals surface area contributed by atoms with Gasteiger partial charge < -0.3 is 14.8 Å². The Morgan fingerprint density at radius 2 is 1.87 bits per heavy atom. The van der Waals surface area contributed by atoms with Gasteiger partial charge in [-0.25, -0.2) is 4.79 Å². The van der Waals surface area contributed by atoms with Gasteiger partial charge >= 0.3 is 5.97 Å². The fraction of sp³-hybridized carbons (Fsp3) is 0.294. The molecule has 0 saturated heterocycles. The van der Waals surface area contributed by atoms with Crippen LogP contribution in [0.4, 0.5) is 0 Å². The van der Waals surface area contributed by atoms with Crippen LogP contribution in [0.5, 0.6) is 5.75 Å². The Bertz CT molecular complexity index is 708. The van der Waals surface area contributed by atoms with Crippen LogP contribution in [0.15, 0.2) is 30.3 Å². The van der Waals surface area contributed by atoms with Crippen molar-refractivity contribution < 1.29 is 19.1 Å². The van der Waals surface area contributed by atoms with E-state index in [1.807, 2.05) is 25.1 Å². The number of thiophene rings is 1. The van der Waals surface area contributed by atoms with Gasteiger partial charge in [-0.2, -0.15) is 0 Å². The van der Waals surface area contributed by atoms with Crippen molar-refractivity contribution in [3.63, 3.8) is 0 Å². The third-order valence-corrected chi connectivity index (χ3v) is 4.40. The Hall–Kier alpha value is -2.34. The molecule has 0 atom stereocenters. The minimum atomic E-state index is -0.432. The fourth-order valence-electron chi connectivity index (χ4n) is 2.17. The maximum atomic E-state index is 12.1. The van der Waals surface area contributed by atoms with Crippen LogP contribution in [0.1, 0.15) is 30.5 Å². The summed E-state index contributed by atoms with van der Waals surface area (Å²) in [4.78, 5) is 24.4. The molecule has 23 heavy (non-hydrogen) atoms. The molecular weight excluding hydrogens is 314 g/mol. The molecule has 5 nitrogen and oxygen atoms in total. The molecule has 1 aromatic heterocycles. The molecule has 1 N–H and O–H groups in total. The number of methoxy groups -OCH3 is 2. The third kappa shape index (κ3) is 4.32. The third-order valence-electron chi connectivity index (χ3n) is 3.33. The minimum absolute atomic E-state index is 0.197. The zero-order chi connectivity index (χ0) is 16.8. The van der Waals surface area contributed by atoms with Crippen LogP contribution < -0.4 is 10.1 Å². The number of rotatable bonds is 6. The second kappa shape index (κ2) is 7.78. The molecule has 0 aliphatic heterocycles. The first-order valence-electron chi connectivity index (χ1n) is 7.15. The van der Waals surface area contributed by atoms with Crippen LogP contribution in [0.2, 0.25) is 0 Å². The molecule has 6 heteroatoms. The zero-order valence-electron chi connectivity index (χ0n) is 13.3. The van der Waals surface area contributed by atoms with Gasteiger partial charge in [-0.05, 0) is 37.1 Å². The van der Waals surface area contributed by atoms with Crippen molar-refractivity contribution in [2.75, 3.05) is 20.8 Å². The molecule has 0 bridgehead atoms. The van der Waals surface area contributed by atoms with Gasteiger partial charge in [0.2, 0.25) is 0 Å². The molecule has 2 aromatic rings. The summed E-state index contributed by atoms with van der Waals surface area (Å²) in [6, 6.07) is 9.18. The highest BCUT2D eigenvalue weighted by Gasteiger charge is 2.14. The highest BCUT2D eigenvalue weighted by Crippen LogP contribution is 2.20. The van der Waals surface area contributed by atoms with Crippen molar-refractivity contribution in [1.82, 2.24) is 5.32 Å². The lowest BCUT2D eigenvalue weighted by Gasteiger charge is -2.10. The monoisotopic (exact) mass is 333 g/mol. The normalized spacial score (nSPS) is 10.2.